The standard InChI is InChI=1S/C9H13FO3/c1-4-6(10)9(12)3-5-2-8(5,11)7(9)13-4/h4-7,11-12H,2-3H2,1H3/t4-,5-,6+,7+,8+,9-/m0/s1. The highest BCUT2D eigenvalue weighted by Gasteiger charge is 2.77. The summed E-state index contributed by atoms with van der Waals surface area (Å²) in [5.74, 6) is 0.0493. The molecule has 1 heterocycles. The fourth-order valence-corrected chi connectivity index (χ4v) is 3.02. The second-order valence-corrected chi connectivity index (χ2v) is 4.71. The van der Waals surface area contributed by atoms with Gasteiger partial charge in [-0.15, -0.1) is 0 Å². The van der Waals surface area contributed by atoms with E-state index in [0.29, 0.717) is 12.8 Å². The Balaban J connectivity index is 1.99. The van der Waals surface area contributed by atoms with Crippen LogP contribution < -0.4 is 0 Å². The van der Waals surface area contributed by atoms with Crippen molar-refractivity contribution in [3.63, 3.8) is 0 Å². The predicted octanol–water partition coefficient (Wildman–Crippen LogP) is -0.00240. The van der Waals surface area contributed by atoms with Crippen molar-refractivity contribution in [3.05, 3.63) is 0 Å². The van der Waals surface area contributed by atoms with Gasteiger partial charge in [0.15, 0.2) is 6.17 Å². The number of alkyl halides is 1. The molecule has 4 heteroatoms. The van der Waals surface area contributed by atoms with Crippen LogP contribution in [0.2, 0.25) is 0 Å². The zero-order chi connectivity index (χ0) is 9.43. The Morgan fingerprint density at radius 2 is 1.92 bits per heavy atom. The molecule has 0 radical (unpaired) electrons. The third kappa shape index (κ3) is 0.717. The highest BCUT2D eigenvalue weighted by atomic mass is 19.1. The third-order valence-corrected chi connectivity index (χ3v) is 3.84. The van der Waals surface area contributed by atoms with Crippen molar-refractivity contribution in [2.45, 2.75) is 49.3 Å². The molecule has 13 heavy (non-hydrogen) atoms. The van der Waals surface area contributed by atoms with E-state index in [4.69, 9.17) is 4.74 Å². The van der Waals surface area contributed by atoms with E-state index in [1.807, 2.05) is 0 Å². The normalized spacial score (nSPS) is 69.2. The Morgan fingerprint density at radius 3 is 2.54 bits per heavy atom. The van der Waals surface area contributed by atoms with E-state index in [-0.39, 0.29) is 5.92 Å². The molecule has 0 aromatic rings. The molecule has 2 saturated carbocycles. The van der Waals surface area contributed by atoms with E-state index in [9.17, 15) is 14.6 Å². The summed E-state index contributed by atoms with van der Waals surface area (Å²) in [6.07, 6.45) is -1.65. The van der Waals surface area contributed by atoms with Gasteiger partial charge >= 0.3 is 0 Å². The van der Waals surface area contributed by atoms with E-state index in [2.05, 4.69) is 0 Å². The molecule has 3 nitrogen and oxygen atoms in total. The molecule has 74 valence electrons. The van der Waals surface area contributed by atoms with Crippen LogP contribution in [0.4, 0.5) is 4.39 Å². The number of fused-ring (bicyclic) bond motifs is 3. The average Bonchev–Trinajstić information content (AvgIpc) is 2.56. The fourth-order valence-electron chi connectivity index (χ4n) is 3.02. The summed E-state index contributed by atoms with van der Waals surface area (Å²) >= 11 is 0. The molecular weight excluding hydrogens is 175 g/mol. The zero-order valence-electron chi connectivity index (χ0n) is 7.40. The topological polar surface area (TPSA) is 49.7 Å². The number of hydrogen-bond acceptors (Lipinski definition) is 3. The van der Waals surface area contributed by atoms with Crippen molar-refractivity contribution in [2.75, 3.05) is 0 Å². The van der Waals surface area contributed by atoms with Gasteiger partial charge in [0, 0.05) is 0 Å². The molecule has 3 rings (SSSR count). The lowest BCUT2D eigenvalue weighted by atomic mass is 9.90. The number of hydrogen-bond donors (Lipinski definition) is 2. The van der Waals surface area contributed by atoms with Crippen LogP contribution >= 0.6 is 0 Å². The largest absolute Gasteiger partial charge is 0.387 e. The highest BCUT2D eigenvalue weighted by molar-refractivity contribution is 5.27. The zero-order valence-corrected chi connectivity index (χ0v) is 7.40. The third-order valence-electron chi connectivity index (χ3n) is 3.84. The van der Waals surface area contributed by atoms with Crippen LogP contribution in [0.3, 0.4) is 0 Å². The molecular formula is C9H13FO3. The first-order chi connectivity index (χ1) is 5.98. The first-order valence-electron chi connectivity index (χ1n) is 4.73. The van der Waals surface area contributed by atoms with Gasteiger partial charge in [-0.1, -0.05) is 0 Å². The maximum atomic E-state index is 13.5. The van der Waals surface area contributed by atoms with Crippen LogP contribution in [-0.2, 0) is 4.74 Å². The van der Waals surface area contributed by atoms with Gasteiger partial charge < -0.3 is 14.9 Å². The SMILES string of the molecule is C[C@@H]1O[C@@H]2[C@@]3(O)C[C@H]3C[C@]2(O)[C@@H]1F. The maximum Gasteiger partial charge on any atom is 0.157 e. The molecule has 2 aliphatic carbocycles. The smallest absolute Gasteiger partial charge is 0.157 e. The number of aliphatic hydroxyl groups is 2. The summed E-state index contributed by atoms with van der Waals surface area (Å²) in [6, 6.07) is 0. The van der Waals surface area contributed by atoms with Gasteiger partial charge in [0.05, 0.1) is 11.7 Å². The number of rotatable bonds is 0. The summed E-state index contributed by atoms with van der Waals surface area (Å²) in [4.78, 5) is 0. The summed E-state index contributed by atoms with van der Waals surface area (Å²) in [6.45, 7) is 1.60. The van der Waals surface area contributed by atoms with Gasteiger partial charge in [0.1, 0.15) is 11.7 Å². The molecule has 3 aliphatic rings. The lowest BCUT2D eigenvalue weighted by Crippen LogP contribution is -2.47. The average molecular weight is 188 g/mol. The van der Waals surface area contributed by atoms with E-state index < -0.39 is 29.6 Å². The van der Waals surface area contributed by atoms with E-state index in [1.54, 1.807) is 6.92 Å². The van der Waals surface area contributed by atoms with Crippen molar-refractivity contribution < 1.29 is 19.3 Å². The maximum absolute atomic E-state index is 13.5. The van der Waals surface area contributed by atoms with Gasteiger partial charge in [0.25, 0.3) is 0 Å². The molecule has 0 spiro atoms. The van der Waals surface area contributed by atoms with Crippen LogP contribution in [0.25, 0.3) is 0 Å². The molecule has 0 aromatic heterocycles. The van der Waals surface area contributed by atoms with Crippen molar-refractivity contribution in [1.29, 1.82) is 0 Å². The minimum Gasteiger partial charge on any atom is -0.387 e. The Hall–Kier alpha value is -0.190. The molecule has 0 bridgehead atoms. The minimum atomic E-state index is -1.42. The van der Waals surface area contributed by atoms with Crippen LogP contribution in [0.15, 0.2) is 0 Å². The molecule has 0 amide bonds. The van der Waals surface area contributed by atoms with Crippen LogP contribution in [-0.4, -0.2) is 39.8 Å². The van der Waals surface area contributed by atoms with Gasteiger partial charge in [0.2, 0.25) is 0 Å². The molecule has 0 aromatic carbocycles. The Bertz CT molecular complexity index is 272. The minimum absolute atomic E-state index is 0.0493. The summed E-state index contributed by atoms with van der Waals surface area (Å²) in [5.41, 5.74) is -2.35. The molecule has 3 fully saturated rings. The first kappa shape index (κ1) is 8.15. The first-order valence-corrected chi connectivity index (χ1v) is 4.73. The Labute approximate surface area is 75.5 Å². The molecule has 0 unspecified atom stereocenters. The van der Waals surface area contributed by atoms with Crippen LogP contribution in [0, 0.1) is 5.92 Å². The van der Waals surface area contributed by atoms with Crippen molar-refractivity contribution in [2.24, 2.45) is 5.92 Å². The molecule has 1 saturated heterocycles. The fraction of sp³-hybridized carbons (Fsp3) is 1.00. The van der Waals surface area contributed by atoms with Crippen molar-refractivity contribution in [3.8, 4) is 0 Å². The van der Waals surface area contributed by atoms with Gasteiger partial charge in [-0.25, -0.2) is 4.39 Å². The number of halogens is 1. The van der Waals surface area contributed by atoms with Crippen molar-refractivity contribution >= 4 is 0 Å². The second-order valence-electron chi connectivity index (χ2n) is 4.71. The predicted molar refractivity (Wildman–Crippen MR) is 41.9 cm³/mol. The highest BCUT2D eigenvalue weighted by Crippen LogP contribution is 2.64. The van der Waals surface area contributed by atoms with E-state index in [0.717, 1.165) is 0 Å². The van der Waals surface area contributed by atoms with E-state index >= 15 is 0 Å². The van der Waals surface area contributed by atoms with Gasteiger partial charge in [-0.2, -0.15) is 0 Å². The quantitative estimate of drug-likeness (QED) is 0.562. The lowest BCUT2D eigenvalue weighted by molar-refractivity contribution is -0.0980. The monoisotopic (exact) mass is 188 g/mol. The Kier molecular flexibility index (Phi) is 1.20. The molecule has 2 N–H and O–H groups in total. The molecule has 1 aliphatic heterocycles. The second kappa shape index (κ2) is 1.92. The van der Waals surface area contributed by atoms with Gasteiger partial charge in [-0.3, -0.25) is 0 Å². The summed E-state index contributed by atoms with van der Waals surface area (Å²) in [7, 11) is 0. The van der Waals surface area contributed by atoms with E-state index in [1.165, 1.54) is 0 Å². The van der Waals surface area contributed by atoms with Crippen molar-refractivity contribution in [1.82, 2.24) is 0 Å². The van der Waals surface area contributed by atoms with Gasteiger partial charge in [-0.05, 0) is 25.7 Å². The molecule has 6 atom stereocenters. The summed E-state index contributed by atoms with van der Waals surface area (Å²) < 4.78 is 18.8. The van der Waals surface area contributed by atoms with Crippen LogP contribution in [0.1, 0.15) is 19.8 Å². The summed E-state index contributed by atoms with van der Waals surface area (Å²) in [5, 5.41) is 19.9. The lowest BCUT2D eigenvalue weighted by Gasteiger charge is -2.26. The van der Waals surface area contributed by atoms with Crippen LogP contribution in [0.5, 0.6) is 0 Å². The Morgan fingerprint density at radius 1 is 1.31 bits per heavy atom. The number of ether oxygens (including phenoxy) is 1.